The van der Waals surface area contributed by atoms with E-state index in [9.17, 15) is 4.39 Å². The highest BCUT2D eigenvalue weighted by Gasteiger charge is 2.41. The van der Waals surface area contributed by atoms with Crippen LogP contribution < -0.4 is 9.47 Å². The van der Waals surface area contributed by atoms with Crippen LogP contribution in [-0.2, 0) is 0 Å². The Hall–Kier alpha value is -2.86. The number of hydrogen-bond donors (Lipinski definition) is 0. The highest BCUT2D eigenvalue weighted by Crippen LogP contribution is 2.49. The number of hydrogen-bond acceptors (Lipinski definition) is 4. The van der Waals surface area contributed by atoms with Crippen molar-refractivity contribution in [2.24, 2.45) is 5.10 Å². The summed E-state index contributed by atoms with van der Waals surface area (Å²) in [6.07, 6.45) is 0.291. The smallest absolute Gasteiger partial charge is 0.217 e. The third-order valence-corrected chi connectivity index (χ3v) is 5.83. The van der Waals surface area contributed by atoms with E-state index < -0.39 is 6.23 Å². The van der Waals surface area contributed by atoms with Crippen molar-refractivity contribution in [3.8, 4) is 11.5 Å². The van der Waals surface area contributed by atoms with Crippen LogP contribution in [0.15, 0.2) is 76.3 Å². The van der Waals surface area contributed by atoms with Crippen molar-refractivity contribution in [1.29, 1.82) is 0 Å². The number of methoxy groups -OCH3 is 1. The molecule has 29 heavy (non-hydrogen) atoms. The molecule has 0 aromatic heterocycles. The molecule has 3 aromatic carbocycles. The first-order chi connectivity index (χ1) is 14.1. The second-order valence-corrected chi connectivity index (χ2v) is 7.96. The van der Waals surface area contributed by atoms with E-state index >= 15 is 0 Å². The second kappa shape index (κ2) is 7.19. The van der Waals surface area contributed by atoms with Gasteiger partial charge in [0.25, 0.3) is 0 Å². The van der Waals surface area contributed by atoms with Gasteiger partial charge in [-0.3, -0.25) is 0 Å². The lowest BCUT2D eigenvalue weighted by Gasteiger charge is -2.38. The van der Waals surface area contributed by atoms with Crippen molar-refractivity contribution in [2.75, 3.05) is 7.11 Å². The van der Waals surface area contributed by atoms with Gasteiger partial charge in [-0.1, -0.05) is 46.3 Å². The quantitative estimate of drug-likeness (QED) is 0.500. The van der Waals surface area contributed by atoms with Gasteiger partial charge in [0.1, 0.15) is 17.3 Å². The van der Waals surface area contributed by atoms with Crippen LogP contribution in [0.25, 0.3) is 0 Å². The SMILES string of the molecule is COc1ccc(Br)cc1[C@H]1Oc2ccccc2[C@@H]2CC(c3ccc(F)cc3)=NN12. The summed E-state index contributed by atoms with van der Waals surface area (Å²) < 4.78 is 26.3. The van der Waals surface area contributed by atoms with Crippen LogP contribution in [0, 0.1) is 5.82 Å². The van der Waals surface area contributed by atoms with Gasteiger partial charge in [0.05, 0.1) is 24.4 Å². The molecule has 4 nitrogen and oxygen atoms in total. The minimum Gasteiger partial charge on any atom is -0.496 e. The van der Waals surface area contributed by atoms with E-state index in [0.29, 0.717) is 0 Å². The van der Waals surface area contributed by atoms with Gasteiger partial charge in [0, 0.05) is 16.5 Å². The molecule has 0 saturated heterocycles. The molecule has 0 aliphatic carbocycles. The van der Waals surface area contributed by atoms with Crippen molar-refractivity contribution < 1.29 is 13.9 Å². The van der Waals surface area contributed by atoms with Gasteiger partial charge in [-0.2, -0.15) is 5.10 Å². The molecule has 6 heteroatoms. The van der Waals surface area contributed by atoms with Crippen LogP contribution in [0.2, 0.25) is 0 Å². The van der Waals surface area contributed by atoms with Gasteiger partial charge < -0.3 is 9.47 Å². The molecule has 0 amide bonds. The van der Waals surface area contributed by atoms with Crippen LogP contribution >= 0.6 is 15.9 Å². The fraction of sp³-hybridized carbons (Fsp3) is 0.174. The van der Waals surface area contributed by atoms with Crippen LogP contribution in [0.4, 0.5) is 4.39 Å². The zero-order valence-electron chi connectivity index (χ0n) is 15.7. The van der Waals surface area contributed by atoms with Gasteiger partial charge in [-0.15, -0.1) is 0 Å². The predicted octanol–water partition coefficient (Wildman–Crippen LogP) is 5.84. The maximum atomic E-state index is 13.4. The van der Waals surface area contributed by atoms with Gasteiger partial charge in [-0.25, -0.2) is 9.40 Å². The van der Waals surface area contributed by atoms with Gasteiger partial charge in [-0.05, 0) is 42.0 Å². The lowest BCUT2D eigenvalue weighted by atomic mass is 9.96. The third kappa shape index (κ3) is 3.17. The monoisotopic (exact) mass is 452 g/mol. The van der Waals surface area contributed by atoms with Crippen LogP contribution in [0.5, 0.6) is 11.5 Å². The van der Waals surface area contributed by atoms with E-state index in [2.05, 4.69) is 22.0 Å². The third-order valence-electron chi connectivity index (χ3n) is 5.33. The van der Waals surface area contributed by atoms with Crippen LogP contribution in [-0.4, -0.2) is 17.8 Å². The Bertz CT molecular complexity index is 1100. The van der Waals surface area contributed by atoms with E-state index in [1.165, 1.54) is 12.1 Å². The summed E-state index contributed by atoms with van der Waals surface area (Å²) in [5.74, 6) is 1.33. The van der Waals surface area contributed by atoms with E-state index in [4.69, 9.17) is 14.6 Å². The Morgan fingerprint density at radius 2 is 1.86 bits per heavy atom. The van der Waals surface area contributed by atoms with E-state index in [0.717, 1.165) is 44.8 Å². The zero-order chi connectivity index (χ0) is 20.0. The Kier molecular flexibility index (Phi) is 4.51. The second-order valence-electron chi connectivity index (χ2n) is 7.05. The zero-order valence-corrected chi connectivity index (χ0v) is 17.3. The van der Waals surface area contributed by atoms with E-state index in [1.807, 2.05) is 41.4 Å². The lowest BCUT2D eigenvalue weighted by Crippen LogP contribution is -2.33. The fourth-order valence-corrected chi connectivity index (χ4v) is 4.33. The molecular weight excluding hydrogens is 435 g/mol. The number of benzene rings is 3. The van der Waals surface area contributed by atoms with Gasteiger partial charge in [0.2, 0.25) is 6.23 Å². The van der Waals surface area contributed by atoms with Crippen LogP contribution in [0.3, 0.4) is 0 Å². The Labute approximate surface area is 176 Å². The summed E-state index contributed by atoms with van der Waals surface area (Å²) in [6, 6.07) is 20.4. The summed E-state index contributed by atoms with van der Waals surface area (Å²) in [6.45, 7) is 0. The Balaban J connectivity index is 1.62. The van der Waals surface area contributed by atoms with Crippen LogP contribution in [0.1, 0.15) is 35.4 Å². The molecule has 2 aliphatic rings. The van der Waals surface area contributed by atoms with E-state index in [-0.39, 0.29) is 11.9 Å². The molecule has 0 fully saturated rings. The molecule has 0 unspecified atom stereocenters. The first-order valence-corrected chi connectivity index (χ1v) is 10.1. The average molecular weight is 453 g/mol. The van der Waals surface area contributed by atoms with Crippen molar-refractivity contribution in [3.05, 3.63) is 93.7 Å². The van der Waals surface area contributed by atoms with Crippen molar-refractivity contribution in [2.45, 2.75) is 18.7 Å². The molecular formula is C23H18BrFN2O2. The molecule has 0 spiro atoms. The average Bonchev–Trinajstić information content (AvgIpc) is 3.19. The van der Waals surface area contributed by atoms with Gasteiger partial charge >= 0.3 is 0 Å². The van der Waals surface area contributed by atoms with Crippen molar-refractivity contribution in [1.82, 2.24) is 5.01 Å². The molecule has 5 rings (SSSR count). The van der Waals surface area contributed by atoms with E-state index in [1.54, 1.807) is 19.2 Å². The summed E-state index contributed by atoms with van der Waals surface area (Å²) in [4.78, 5) is 0. The summed E-state index contributed by atoms with van der Waals surface area (Å²) >= 11 is 3.55. The fourth-order valence-electron chi connectivity index (χ4n) is 3.95. The maximum Gasteiger partial charge on any atom is 0.217 e. The standard InChI is InChI=1S/C23H18BrFN2O2/c1-28-21-11-8-15(24)12-18(21)23-27-20(17-4-2-3-5-22(17)29-23)13-19(26-27)14-6-9-16(25)10-7-14/h2-12,20,23H,13H2,1H3/t20-,23+/m0/s1. The van der Waals surface area contributed by atoms with Crippen molar-refractivity contribution in [3.63, 3.8) is 0 Å². The molecule has 0 saturated carbocycles. The number of para-hydroxylation sites is 1. The number of halogens is 2. The number of nitrogens with zero attached hydrogens (tertiary/aromatic N) is 2. The predicted molar refractivity (Wildman–Crippen MR) is 113 cm³/mol. The molecule has 146 valence electrons. The lowest BCUT2D eigenvalue weighted by molar-refractivity contribution is -0.0203. The molecule has 0 bridgehead atoms. The molecule has 3 aromatic rings. The maximum absolute atomic E-state index is 13.4. The normalized spacial score (nSPS) is 19.8. The number of rotatable bonds is 3. The minimum atomic E-state index is -0.430. The minimum absolute atomic E-state index is 0.0358. The Morgan fingerprint density at radius 1 is 1.07 bits per heavy atom. The highest BCUT2D eigenvalue weighted by atomic mass is 79.9. The number of ether oxygens (including phenoxy) is 2. The molecule has 2 heterocycles. The topological polar surface area (TPSA) is 34.1 Å². The molecule has 0 radical (unpaired) electrons. The van der Waals surface area contributed by atoms with Crippen molar-refractivity contribution >= 4 is 21.6 Å². The molecule has 0 N–H and O–H groups in total. The number of fused-ring (bicyclic) bond motifs is 3. The highest BCUT2D eigenvalue weighted by molar-refractivity contribution is 9.10. The summed E-state index contributed by atoms with van der Waals surface area (Å²) in [5.41, 5.74) is 3.82. The summed E-state index contributed by atoms with van der Waals surface area (Å²) in [5, 5.41) is 6.89. The Morgan fingerprint density at radius 3 is 2.66 bits per heavy atom. The largest absolute Gasteiger partial charge is 0.496 e. The molecule has 2 aliphatic heterocycles. The number of hydrazone groups is 1. The van der Waals surface area contributed by atoms with Gasteiger partial charge in [0.15, 0.2) is 0 Å². The molecule has 2 atom stereocenters. The first kappa shape index (κ1) is 18.2. The first-order valence-electron chi connectivity index (χ1n) is 9.35. The summed E-state index contributed by atoms with van der Waals surface area (Å²) in [7, 11) is 1.65.